The van der Waals surface area contributed by atoms with E-state index in [-0.39, 0.29) is 0 Å². The van der Waals surface area contributed by atoms with Crippen molar-refractivity contribution < 1.29 is 5.11 Å². The summed E-state index contributed by atoms with van der Waals surface area (Å²) >= 11 is 6.12. The molecule has 2 rings (SSSR count). The molecule has 3 heteroatoms. The number of aromatic nitrogens is 1. The first-order valence-corrected chi connectivity index (χ1v) is 6.71. The molecule has 1 aromatic heterocycles. The molecule has 3 atom stereocenters. The molecule has 0 spiro atoms. The normalized spacial score (nSPS) is 33.6. The lowest BCUT2D eigenvalue weighted by atomic mass is 9.68. The lowest BCUT2D eigenvalue weighted by Gasteiger charge is -2.42. The molecule has 0 aliphatic heterocycles. The Morgan fingerprint density at radius 3 is 3.00 bits per heavy atom. The van der Waals surface area contributed by atoms with Crippen molar-refractivity contribution in [2.24, 2.45) is 11.8 Å². The van der Waals surface area contributed by atoms with Crippen molar-refractivity contribution in [3.8, 4) is 0 Å². The SMILES string of the molecule is CC1CCCC(O)(Cc2ccncc2Cl)C1C. The zero-order valence-electron chi connectivity index (χ0n) is 10.5. The predicted octanol–water partition coefficient (Wildman–Crippen LogP) is 3.46. The minimum Gasteiger partial charge on any atom is -0.389 e. The molecule has 0 saturated heterocycles. The topological polar surface area (TPSA) is 33.1 Å². The lowest BCUT2D eigenvalue weighted by Crippen LogP contribution is -2.44. The molecule has 3 unspecified atom stereocenters. The Kier molecular flexibility index (Phi) is 3.74. The van der Waals surface area contributed by atoms with Crippen molar-refractivity contribution >= 4 is 11.6 Å². The van der Waals surface area contributed by atoms with Crippen molar-refractivity contribution in [1.82, 2.24) is 4.98 Å². The van der Waals surface area contributed by atoms with Gasteiger partial charge in [0.1, 0.15) is 0 Å². The van der Waals surface area contributed by atoms with Gasteiger partial charge in [0, 0.05) is 18.8 Å². The predicted molar refractivity (Wildman–Crippen MR) is 70.1 cm³/mol. The van der Waals surface area contributed by atoms with E-state index < -0.39 is 5.60 Å². The minimum absolute atomic E-state index is 0.320. The van der Waals surface area contributed by atoms with Crippen LogP contribution in [0.15, 0.2) is 18.5 Å². The maximum atomic E-state index is 10.8. The highest BCUT2D eigenvalue weighted by Crippen LogP contribution is 2.40. The van der Waals surface area contributed by atoms with E-state index in [1.54, 1.807) is 12.4 Å². The summed E-state index contributed by atoms with van der Waals surface area (Å²) in [6.07, 6.45) is 7.22. The summed E-state index contributed by atoms with van der Waals surface area (Å²) < 4.78 is 0. The highest BCUT2D eigenvalue weighted by Gasteiger charge is 2.39. The van der Waals surface area contributed by atoms with E-state index >= 15 is 0 Å². The van der Waals surface area contributed by atoms with Crippen LogP contribution in [0.3, 0.4) is 0 Å². The third-order valence-corrected chi connectivity index (χ3v) is 4.66. The fourth-order valence-corrected chi connectivity index (χ4v) is 3.05. The smallest absolute Gasteiger partial charge is 0.0716 e. The van der Waals surface area contributed by atoms with E-state index in [0.29, 0.717) is 23.3 Å². The average Bonchev–Trinajstić information content (AvgIpc) is 2.29. The number of rotatable bonds is 2. The van der Waals surface area contributed by atoms with Crippen LogP contribution in [0, 0.1) is 11.8 Å². The van der Waals surface area contributed by atoms with Gasteiger partial charge in [-0.15, -0.1) is 0 Å². The third kappa shape index (κ3) is 2.63. The maximum Gasteiger partial charge on any atom is 0.0716 e. The molecule has 94 valence electrons. The van der Waals surface area contributed by atoms with Gasteiger partial charge >= 0.3 is 0 Å². The number of pyridine rings is 1. The molecule has 1 heterocycles. The molecule has 1 N–H and O–H groups in total. The van der Waals surface area contributed by atoms with Gasteiger partial charge in [-0.1, -0.05) is 38.3 Å². The van der Waals surface area contributed by atoms with Gasteiger partial charge in [-0.05, 0) is 29.9 Å². The van der Waals surface area contributed by atoms with Crippen LogP contribution in [0.4, 0.5) is 0 Å². The third-order valence-electron chi connectivity index (χ3n) is 4.32. The van der Waals surface area contributed by atoms with E-state index in [2.05, 4.69) is 18.8 Å². The van der Waals surface area contributed by atoms with E-state index in [4.69, 9.17) is 11.6 Å². The van der Waals surface area contributed by atoms with E-state index in [0.717, 1.165) is 18.4 Å². The van der Waals surface area contributed by atoms with Gasteiger partial charge in [0.2, 0.25) is 0 Å². The Balaban J connectivity index is 2.19. The Morgan fingerprint density at radius 1 is 1.53 bits per heavy atom. The zero-order valence-corrected chi connectivity index (χ0v) is 11.2. The van der Waals surface area contributed by atoms with Crippen LogP contribution in [0.2, 0.25) is 5.02 Å². The molecular weight excluding hydrogens is 234 g/mol. The Hall–Kier alpha value is -0.600. The van der Waals surface area contributed by atoms with Crippen molar-refractivity contribution in [3.05, 3.63) is 29.0 Å². The number of halogens is 1. The summed E-state index contributed by atoms with van der Waals surface area (Å²) in [6.45, 7) is 4.38. The summed E-state index contributed by atoms with van der Waals surface area (Å²) in [6, 6.07) is 1.91. The fraction of sp³-hybridized carbons (Fsp3) is 0.643. The van der Waals surface area contributed by atoms with Crippen LogP contribution < -0.4 is 0 Å². The monoisotopic (exact) mass is 253 g/mol. The second-order valence-corrected chi connectivity index (χ2v) is 5.81. The molecule has 1 aliphatic carbocycles. The molecule has 0 radical (unpaired) electrons. The quantitative estimate of drug-likeness (QED) is 0.876. The van der Waals surface area contributed by atoms with E-state index in [1.165, 1.54) is 6.42 Å². The first-order valence-electron chi connectivity index (χ1n) is 6.34. The largest absolute Gasteiger partial charge is 0.389 e. The first kappa shape index (κ1) is 12.8. The van der Waals surface area contributed by atoms with Gasteiger partial charge < -0.3 is 5.11 Å². The first-order chi connectivity index (χ1) is 8.03. The van der Waals surface area contributed by atoms with Crippen LogP contribution >= 0.6 is 11.6 Å². The van der Waals surface area contributed by atoms with Gasteiger partial charge in [-0.2, -0.15) is 0 Å². The van der Waals surface area contributed by atoms with Crippen molar-refractivity contribution in [2.75, 3.05) is 0 Å². The second kappa shape index (κ2) is 4.95. The van der Waals surface area contributed by atoms with Gasteiger partial charge in [0.25, 0.3) is 0 Å². The number of nitrogens with zero attached hydrogens (tertiary/aromatic N) is 1. The molecule has 0 bridgehead atoms. The number of aliphatic hydroxyl groups is 1. The summed E-state index contributed by atoms with van der Waals surface area (Å²) in [4.78, 5) is 3.98. The Bertz CT molecular complexity index is 396. The Labute approximate surface area is 108 Å². The van der Waals surface area contributed by atoms with Crippen molar-refractivity contribution in [2.45, 2.75) is 45.1 Å². The molecule has 1 saturated carbocycles. The molecule has 1 aromatic rings. The van der Waals surface area contributed by atoms with Gasteiger partial charge in [-0.3, -0.25) is 4.98 Å². The highest BCUT2D eigenvalue weighted by atomic mass is 35.5. The van der Waals surface area contributed by atoms with Crippen LogP contribution in [0.5, 0.6) is 0 Å². The fourth-order valence-electron chi connectivity index (χ4n) is 2.86. The van der Waals surface area contributed by atoms with Crippen LogP contribution in [0.25, 0.3) is 0 Å². The average molecular weight is 254 g/mol. The molecular formula is C14H20ClNO. The van der Waals surface area contributed by atoms with Crippen LogP contribution in [-0.2, 0) is 6.42 Å². The minimum atomic E-state index is -0.608. The summed E-state index contributed by atoms with van der Waals surface area (Å²) in [5.74, 6) is 0.898. The standard InChI is InChI=1S/C14H20ClNO/c1-10-4-3-6-14(17,11(10)2)8-12-5-7-16-9-13(12)15/h5,7,9-11,17H,3-4,6,8H2,1-2H3. The van der Waals surface area contributed by atoms with Gasteiger partial charge in [0.05, 0.1) is 10.6 Å². The van der Waals surface area contributed by atoms with E-state index in [9.17, 15) is 5.11 Å². The molecule has 1 aliphatic rings. The summed E-state index contributed by atoms with van der Waals surface area (Å²) in [5.41, 5.74) is 0.396. The molecule has 17 heavy (non-hydrogen) atoms. The number of hydrogen-bond acceptors (Lipinski definition) is 2. The highest BCUT2D eigenvalue weighted by molar-refractivity contribution is 6.31. The second-order valence-electron chi connectivity index (χ2n) is 5.41. The number of hydrogen-bond donors (Lipinski definition) is 1. The van der Waals surface area contributed by atoms with Gasteiger partial charge in [-0.25, -0.2) is 0 Å². The van der Waals surface area contributed by atoms with Crippen molar-refractivity contribution in [3.63, 3.8) is 0 Å². The molecule has 0 aromatic carbocycles. The molecule has 2 nitrogen and oxygen atoms in total. The van der Waals surface area contributed by atoms with Crippen LogP contribution in [0.1, 0.15) is 38.7 Å². The van der Waals surface area contributed by atoms with Gasteiger partial charge in [0.15, 0.2) is 0 Å². The summed E-state index contributed by atoms with van der Waals surface area (Å²) in [5, 5.41) is 11.5. The molecule has 0 amide bonds. The maximum absolute atomic E-state index is 10.8. The summed E-state index contributed by atoms with van der Waals surface area (Å²) in [7, 11) is 0. The zero-order chi connectivity index (χ0) is 12.5. The molecule has 1 fully saturated rings. The van der Waals surface area contributed by atoms with E-state index in [1.807, 2.05) is 6.07 Å². The van der Waals surface area contributed by atoms with Crippen molar-refractivity contribution in [1.29, 1.82) is 0 Å². The Morgan fingerprint density at radius 2 is 2.29 bits per heavy atom. The lowest BCUT2D eigenvalue weighted by molar-refractivity contribution is -0.0620. The van der Waals surface area contributed by atoms with Crippen LogP contribution in [-0.4, -0.2) is 15.7 Å².